The van der Waals surface area contributed by atoms with Crippen LogP contribution in [0.4, 0.5) is 23.9 Å². The molecule has 4 nitrogen and oxygen atoms in total. The quantitative estimate of drug-likeness (QED) is 0.908. The van der Waals surface area contributed by atoms with E-state index in [1.165, 1.54) is 12.1 Å². The molecule has 0 amide bonds. The zero-order valence-corrected chi connectivity index (χ0v) is 11.2. The van der Waals surface area contributed by atoms with Gasteiger partial charge in [-0.2, -0.15) is 18.4 Å². The number of halogens is 3. The van der Waals surface area contributed by atoms with Crippen LogP contribution in [-0.4, -0.2) is 4.37 Å². The standard InChI is InChI=1S/C13H8F3N3OS/c1-2-7-3-8(13(14,15)16)5-9(4-7)18-12-10(6-17)11(20)19-21-12/h2-5,18H,1H2,(H,19,20). The van der Waals surface area contributed by atoms with Gasteiger partial charge in [0.2, 0.25) is 0 Å². The van der Waals surface area contributed by atoms with E-state index in [2.05, 4.69) is 16.3 Å². The third-order valence-electron chi connectivity index (χ3n) is 2.59. The van der Waals surface area contributed by atoms with Crippen molar-refractivity contribution in [3.05, 3.63) is 51.8 Å². The van der Waals surface area contributed by atoms with Crippen LogP contribution >= 0.6 is 11.5 Å². The predicted octanol–water partition coefficient (Wildman–Crippen LogP) is 3.71. The Labute approximate surface area is 121 Å². The van der Waals surface area contributed by atoms with Crippen molar-refractivity contribution in [2.45, 2.75) is 6.18 Å². The number of benzene rings is 1. The Morgan fingerprint density at radius 2 is 2.10 bits per heavy atom. The monoisotopic (exact) mass is 311 g/mol. The molecule has 0 unspecified atom stereocenters. The molecule has 0 spiro atoms. The van der Waals surface area contributed by atoms with E-state index in [1.807, 2.05) is 0 Å². The summed E-state index contributed by atoms with van der Waals surface area (Å²) < 4.78 is 40.8. The van der Waals surface area contributed by atoms with Crippen LogP contribution in [0.5, 0.6) is 0 Å². The summed E-state index contributed by atoms with van der Waals surface area (Å²) in [4.78, 5) is 11.3. The second-order valence-corrected chi connectivity index (χ2v) is 4.84. The van der Waals surface area contributed by atoms with Crippen LogP contribution in [0.2, 0.25) is 0 Å². The molecule has 8 heteroatoms. The molecule has 0 aliphatic rings. The molecular weight excluding hydrogens is 303 g/mol. The molecule has 0 bridgehead atoms. The minimum absolute atomic E-state index is 0.117. The van der Waals surface area contributed by atoms with Crippen molar-refractivity contribution in [3.63, 3.8) is 0 Å². The number of rotatable bonds is 3. The second-order valence-electron chi connectivity index (χ2n) is 4.02. The van der Waals surface area contributed by atoms with Crippen LogP contribution in [0.25, 0.3) is 6.08 Å². The molecule has 0 atom stereocenters. The minimum Gasteiger partial charge on any atom is -0.345 e. The Hall–Kier alpha value is -2.53. The summed E-state index contributed by atoms with van der Waals surface area (Å²) in [6, 6.07) is 5.00. The van der Waals surface area contributed by atoms with Gasteiger partial charge in [0, 0.05) is 5.69 Å². The molecule has 2 N–H and O–H groups in total. The number of anilines is 2. The molecule has 1 heterocycles. The van der Waals surface area contributed by atoms with E-state index in [1.54, 1.807) is 6.07 Å². The van der Waals surface area contributed by atoms with Gasteiger partial charge >= 0.3 is 6.18 Å². The highest BCUT2D eigenvalue weighted by Gasteiger charge is 2.31. The molecule has 2 aromatic rings. The molecule has 108 valence electrons. The van der Waals surface area contributed by atoms with E-state index < -0.39 is 17.3 Å². The number of hydrogen-bond donors (Lipinski definition) is 2. The molecule has 21 heavy (non-hydrogen) atoms. The van der Waals surface area contributed by atoms with Crippen LogP contribution in [0, 0.1) is 11.3 Å². The van der Waals surface area contributed by atoms with Crippen molar-refractivity contribution < 1.29 is 13.2 Å². The van der Waals surface area contributed by atoms with Gasteiger partial charge in [-0.1, -0.05) is 12.7 Å². The predicted molar refractivity (Wildman–Crippen MR) is 74.5 cm³/mol. The Morgan fingerprint density at radius 3 is 2.67 bits per heavy atom. The minimum atomic E-state index is -4.50. The SMILES string of the molecule is C=Cc1cc(Nc2s[nH]c(=O)c2C#N)cc(C(F)(F)F)c1. The lowest BCUT2D eigenvalue weighted by Gasteiger charge is -2.11. The van der Waals surface area contributed by atoms with Crippen LogP contribution in [0.15, 0.2) is 29.6 Å². The van der Waals surface area contributed by atoms with Gasteiger partial charge in [0.25, 0.3) is 5.56 Å². The van der Waals surface area contributed by atoms with Gasteiger partial charge in [0.1, 0.15) is 11.1 Å². The van der Waals surface area contributed by atoms with Crippen molar-refractivity contribution >= 4 is 28.3 Å². The molecular formula is C13H8F3N3OS. The number of hydrogen-bond acceptors (Lipinski definition) is 4. The first-order valence-electron chi connectivity index (χ1n) is 5.58. The van der Waals surface area contributed by atoms with Crippen molar-refractivity contribution in [2.24, 2.45) is 0 Å². The van der Waals surface area contributed by atoms with E-state index in [0.29, 0.717) is 0 Å². The number of nitrogens with one attached hydrogen (secondary N) is 2. The molecule has 0 aliphatic carbocycles. The smallest absolute Gasteiger partial charge is 0.345 e. The topological polar surface area (TPSA) is 68.7 Å². The van der Waals surface area contributed by atoms with Crippen LogP contribution in [0.3, 0.4) is 0 Å². The highest BCUT2D eigenvalue weighted by atomic mass is 32.1. The molecule has 2 rings (SSSR count). The summed E-state index contributed by atoms with van der Waals surface area (Å²) in [6.07, 6.45) is -3.22. The van der Waals surface area contributed by atoms with Gasteiger partial charge in [-0.3, -0.25) is 9.17 Å². The lowest BCUT2D eigenvalue weighted by molar-refractivity contribution is -0.137. The average molecular weight is 311 g/mol. The maximum Gasteiger partial charge on any atom is 0.416 e. The molecule has 0 saturated carbocycles. The zero-order valence-electron chi connectivity index (χ0n) is 10.4. The number of H-pyrrole nitrogens is 1. The van der Waals surface area contributed by atoms with E-state index in [-0.39, 0.29) is 21.8 Å². The first kappa shape index (κ1) is 14.9. The van der Waals surface area contributed by atoms with Gasteiger partial charge < -0.3 is 5.32 Å². The summed E-state index contributed by atoms with van der Waals surface area (Å²) in [5.41, 5.74) is -1.21. The highest BCUT2D eigenvalue weighted by molar-refractivity contribution is 7.10. The molecule has 0 fully saturated rings. The van der Waals surface area contributed by atoms with E-state index in [0.717, 1.165) is 23.7 Å². The molecule has 1 aromatic carbocycles. The molecule has 0 aliphatic heterocycles. The summed E-state index contributed by atoms with van der Waals surface area (Å²) in [7, 11) is 0. The van der Waals surface area contributed by atoms with Crippen molar-refractivity contribution in [1.82, 2.24) is 4.37 Å². The second kappa shape index (κ2) is 5.46. The molecule has 0 radical (unpaired) electrons. The third kappa shape index (κ3) is 3.14. The molecule has 0 saturated heterocycles. The van der Waals surface area contributed by atoms with Crippen molar-refractivity contribution in [3.8, 4) is 6.07 Å². The van der Waals surface area contributed by atoms with Crippen molar-refractivity contribution in [1.29, 1.82) is 5.26 Å². The van der Waals surface area contributed by atoms with Gasteiger partial charge in [0.05, 0.1) is 5.56 Å². The number of aromatic nitrogens is 1. The van der Waals surface area contributed by atoms with E-state index in [9.17, 15) is 18.0 Å². The highest BCUT2D eigenvalue weighted by Crippen LogP contribution is 2.33. The van der Waals surface area contributed by atoms with Crippen LogP contribution in [0.1, 0.15) is 16.7 Å². The summed E-state index contributed by atoms with van der Waals surface area (Å²) in [6.45, 7) is 3.44. The Kier molecular flexibility index (Phi) is 3.86. The largest absolute Gasteiger partial charge is 0.416 e. The average Bonchev–Trinajstić information content (AvgIpc) is 2.77. The fourth-order valence-corrected chi connectivity index (χ4v) is 2.33. The summed E-state index contributed by atoms with van der Waals surface area (Å²) in [5.74, 6) is 0. The Balaban J connectivity index is 2.47. The maximum atomic E-state index is 12.8. The first-order valence-corrected chi connectivity index (χ1v) is 6.40. The fraction of sp³-hybridized carbons (Fsp3) is 0.0769. The third-order valence-corrected chi connectivity index (χ3v) is 3.39. The van der Waals surface area contributed by atoms with Gasteiger partial charge in [-0.05, 0) is 35.3 Å². The normalized spacial score (nSPS) is 11.0. The fourth-order valence-electron chi connectivity index (χ4n) is 1.63. The number of alkyl halides is 3. The van der Waals surface area contributed by atoms with E-state index >= 15 is 0 Å². The summed E-state index contributed by atoms with van der Waals surface area (Å²) in [5, 5.41) is 11.7. The number of nitriles is 1. The number of aromatic amines is 1. The zero-order chi connectivity index (χ0) is 15.6. The number of nitrogens with zero attached hydrogens (tertiary/aromatic N) is 1. The summed E-state index contributed by atoms with van der Waals surface area (Å²) >= 11 is 0.844. The van der Waals surface area contributed by atoms with Gasteiger partial charge in [0.15, 0.2) is 5.56 Å². The van der Waals surface area contributed by atoms with Crippen LogP contribution < -0.4 is 10.9 Å². The Bertz CT molecular complexity index is 783. The first-order chi connectivity index (χ1) is 9.85. The van der Waals surface area contributed by atoms with Crippen molar-refractivity contribution in [2.75, 3.05) is 5.32 Å². The Morgan fingerprint density at radius 1 is 1.38 bits per heavy atom. The molecule has 1 aromatic heterocycles. The van der Waals surface area contributed by atoms with E-state index in [4.69, 9.17) is 5.26 Å². The lowest BCUT2D eigenvalue weighted by Crippen LogP contribution is -2.06. The van der Waals surface area contributed by atoms with Gasteiger partial charge in [-0.25, -0.2) is 0 Å². The van der Waals surface area contributed by atoms with Gasteiger partial charge in [-0.15, -0.1) is 0 Å². The lowest BCUT2D eigenvalue weighted by atomic mass is 10.1. The maximum absolute atomic E-state index is 12.8. The van der Waals surface area contributed by atoms with Crippen LogP contribution in [-0.2, 0) is 6.18 Å².